The number of rotatable bonds is 3. The van der Waals surface area contributed by atoms with E-state index in [0.717, 1.165) is 10.9 Å². The maximum Gasteiger partial charge on any atom is 0.231 e. The summed E-state index contributed by atoms with van der Waals surface area (Å²) in [5, 5.41) is 10.9. The van der Waals surface area contributed by atoms with Gasteiger partial charge in [0.2, 0.25) is 18.6 Å². The van der Waals surface area contributed by atoms with Gasteiger partial charge in [-0.3, -0.25) is 19.6 Å². The second kappa shape index (κ2) is 6.01. The molecule has 2 amide bonds. The second-order valence-electron chi connectivity index (χ2n) is 6.56. The lowest BCUT2D eigenvalue weighted by Gasteiger charge is -2.14. The first-order chi connectivity index (χ1) is 13.2. The Morgan fingerprint density at radius 2 is 2.04 bits per heavy atom. The van der Waals surface area contributed by atoms with E-state index in [1.165, 1.54) is 0 Å². The van der Waals surface area contributed by atoms with E-state index in [2.05, 4.69) is 15.5 Å². The van der Waals surface area contributed by atoms with E-state index in [-0.39, 0.29) is 25.0 Å². The van der Waals surface area contributed by atoms with E-state index in [9.17, 15) is 9.59 Å². The Labute approximate surface area is 154 Å². The van der Waals surface area contributed by atoms with E-state index >= 15 is 0 Å². The van der Waals surface area contributed by atoms with E-state index < -0.39 is 5.92 Å². The fourth-order valence-corrected chi connectivity index (χ4v) is 3.46. The number of carbonyl (C=O) groups excluding carboxylic acids is 2. The molecule has 8 heteroatoms. The number of nitrogens with one attached hydrogen (secondary N) is 2. The summed E-state index contributed by atoms with van der Waals surface area (Å²) in [5.74, 6) is 1.05. The van der Waals surface area contributed by atoms with Crippen molar-refractivity contribution in [1.29, 1.82) is 0 Å². The summed E-state index contributed by atoms with van der Waals surface area (Å²) in [5.41, 5.74) is 1.47. The van der Waals surface area contributed by atoms with Crippen LogP contribution >= 0.6 is 0 Å². The van der Waals surface area contributed by atoms with Crippen molar-refractivity contribution in [2.24, 2.45) is 5.92 Å². The molecular formula is C19H16N4O4. The van der Waals surface area contributed by atoms with E-state index in [1.807, 2.05) is 24.3 Å². The van der Waals surface area contributed by atoms with Crippen LogP contribution in [0.5, 0.6) is 11.5 Å². The van der Waals surface area contributed by atoms with Gasteiger partial charge in [0.05, 0.1) is 11.4 Å². The van der Waals surface area contributed by atoms with Crippen LogP contribution in [0.2, 0.25) is 0 Å². The lowest BCUT2D eigenvalue weighted by atomic mass is 10.1. The van der Waals surface area contributed by atoms with Crippen LogP contribution in [0.4, 0.5) is 11.5 Å². The second-order valence-corrected chi connectivity index (χ2v) is 6.56. The monoisotopic (exact) mass is 364 g/mol. The van der Waals surface area contributed by atoms with Gasteiger partial charge >= 0.3 is 0 Å². The van der Waals surface area contributed by atoms with Gasteiger partial charge in [-0.05, 0) is 24.3 Å². The molecule has 2 aromatic carbocycles. The Morgan fingerprint density at radius 1 is 1.19 bits per heavy atom. The van der Waals surface area contributed by atoms with Crippen LogP contribution in [-0.2, 0) is 9.59 Å². The van der Waals surface area contributed by atoms with Crippen LogP contribution < -0.4 is 19.7 Å². The summed E-state index contributed by atoms with van der Waals surface area (Å²) < 4.78 is 10.6. The third kappa shape index (κ3) is 2.66. The van der Waals surface area contributed by atoms with Gasteiger partial charge in [0.1, 0.15) is 0 Å². The molecule has 0 unspecified atom stereocenters. The predicted molar refractivity (Wildman–Crippen MR) is 97.7 cm³/mol. The highest BCUT2D eigenvalue weighted by molar-refractivity contribution is 6.07. The Bertz CT molecular complexity index is 1060. The first-order valence-corrected chi connectivity index (χ1v) is 8.63. The van der Waals surface area contributed by atoms with Crippen LogP contribution in [-0.4, -0.2) is 35.3 Å². The summed E-state index contributed by atoms with van der Waals surface area (Å²) in [7, 11) is 0. The maximum atomic E-state index is 12.6. The molecule has 2 aliphatic heterocycles. The summed E-state index contributed by atoms with van der Waals surface area (Å²) in [6, 6.07) is 12.8. The van der Waals surface area contributed by atoms with Gasteiger partial charge < -0.3 is 14.8 Å². The Morgan fingerprint density at radius 3 is 2.96 bits per heavy atom. The molecule has 1 fully saturated rings. The van der Waals surface area contributed by atoms with Crippen molar-refractivity contribution in [2.75, 3.05) is 23.6 Å². The zero-order valence-electron chi connectivity index (χ0n) is 14.3. The Balaban J connectivity index is 1.33. The number of anilines is 2. The third-order valence-electron chi connectivity index (χ3n) is 4.84. The molecule has 2 aliphatic rings. The zero-order chi connectivity index (χ0) is 18.4. The van der Waals surface area contributed by atoms with Gasteiger partial charge in [-0.2, -0.15) is 5.10 Å². The topological polar surface area (TPSA) is 96.5 Å². The number of fused-ring (bicyclic) bond motifs is 2. The van der Waals surface area contributed by atoms with Crippen molar-refractivity contribution < 1.29 is 19.1 Å². The van der Waals surface area contributed by atoms with Gasteiger partial charge in [-0.15, -0.1) is 0 Å². The van der Waals surface area contributed by atoms with Crippen LogP contribution in [0.1, 0.15) is 6.42 Å². The fraction of sp³-hybridized carbons (Fsp3) is 0.211. The van der Waals surface area contributed by atoms with Gasteiger partial charge in [-0.1, -0.05) is 12.1 Å². The summed E-state index contributed by atoms with van der Waals surface area (Å²) in [4.78, 5) is 26.7. The fourth-order valence-electron chi connectivity index (χ4n) is 3.46. The minimum Gasteiger partial charge on any atom is -0.454 e. The molecule has 3 aromatic rings. The molecule has 8 nitrogen and oxygen atoms in total. The standard InChI is InChI=1S/C19H16N4O4/c24-17-7-11(9-23(17)18-13-3-1-2-4-14(13)21-22-18)19(25)20-12-5-6-15-16(8-12)27-10-26-15/h1-6,8,11H,7,9-10H2,(H,20,25)(H,21,22)/t11-/m1/s1. The smallest absolute Gasteiger partial charge is 0.231 e. The van der Waals surface area contributed by atoms with E-state index in [0.29, 0.717) is 29.5 Å². The molecular weight excluding hydrogens is 348 g/mol. The number of hydrogen-bond acceptors (Lipinski definition) is 5. The lowest BCUT2D eigenvalue weighted by Crippen LogP contribution is -2.28. The number of aromatic amines is 1. The summed E-state index contributed by atoms with van der Waals surface area (Å²) >= 11 is 0. The van der Waals surface area contributed by atoms with Crippen molar-refractivity contribution in [2.45, 2.75) is 6.42 Å². The van der Waals surface area contributed by atoms with Gasteiger partial charge in [0, 0.05) is 30.1 Å². The number of aromatic nitrogens is 2. The Kier molecular flexibility index (Phi) is 3.49. The largest absolute Gasteiger partial charge is 0.454 e. The highest BCUT2D eigenvalue weighted by Crippen LogP contribution is 2.35. The number of benzene rings is 2. The number of nitrogens with zero attached hydrogens (tertiary/aromatic N) is 2. The first kappa shape index (κ1) is 15.7. The average molecular weight is 364 g/mol. The number of para-hydroxylation sites is 1. The minimum atomic E-state index is -0.446. The zero-order valence-corrected chi connectivity index (χ0v) is 14.3. The van der Waals surface area contributed by atoms with Gasteiger partial charge in [0.15, 0.2) is 17.3 Å². The molecule has 5 rings (SSSR count). The number of amides is 2. The molecule has 27 heavy (non-hydrogen) atoms. The maximum absolute atomic E-state index is 12.6. The normalized spacial score (nSPS) is 18.3. The average Bonchev–Trinajstić information content (AvgIpc) is 3.38. The predicted octanol–water partition coefficient (Wildman–Crippen LogP) is 2.28. The number of ether oxygens (including phenoxy) is 2. The quantitative estimate of drug-likeness (QED) is 0.743. The molecule has 2 N–H and O–H groups in total. The lowest BCUT2D eigenvalue weighted by molar-refractivity contribution is -0.122. The first-order valence-electron chi connectivity index (χ1n) is 8.63. The van der Waals surface area contributed by atoms with Crippen LogP contribution in [0.15, 0.2) is 42.5 Å². The highest BCUT2D eigenvalue weighted by Gasteiger charge is 2.37. The molecule has 1 saturated heterocycles. The van der Waals surface area contributed by atoms with Crippen LogP contribution in [0.3, 0.4) is 0 Å². The molecule has 1 atom stereocenters. The van der Waals surface area contributed by atoms with E-state index in [1.54, 1.807) is 23.1 Å². The van der Waals surface area contributed by atoms with E-state index in [4.69, 9.17) is 9.47 Å². The van der Waals surface area contributed by atoms with Crippen LogP contribution in [0.25, 0.3) is 10.9 Å². The number of H-pyrrole nitrogens is 1. The molecule has 136 valence electrons. The van der Waals surface area contributed by atoms with Crippen molar-refractivity contribution in [3.8, 4) is 11.5 Å². The van der Waals surface area contributed by atoms with Gasteiger partial charge in [-0.25, -0.2) is 0 Å². The molecule has 3 heterocycles. The molecule has 0 spiro atoms. The summed E-state index contributed by atoms with van der Waals surface area (Å²) in [6.45, 7) is 0.473. The molecule has 0 bridgehead atoms. The summed E-state index contributed by atoms with van der Waals surface area (Å²) in [6.07, 6.45) is 0.150. The molecule has 0 aliphatic carbocycles. The van der Waals surface area contributed by atoms with Crippen molar-refractivity contribution in [1.82, 2.24) is 10.2 Å². The van der Waals surface area contributed by atoms with Crippen molar-refractivity contribution >= 4 is 34.2 Å². The minimum absolute atomic E-state index is 0.113. The highest BCUT2D eigenvalue weighted by atomic mass is 16.7. The Hall–Kier alpha value is -3.55. The van der Waals surface area contributed by atoms with Crippen molar-refractivity contribution in [3.05, 3.63) is 42.5 Å². The number of carbonyl (C=O) groups is 2. The van der Waals surface area contributed by atoms with Crippen LogP contribution in [0, 0.1) is 5.92 Å². The van der Waals surface area contributed by atoms with Gasteiger partial charge in [0.25, 0.3) is 0 Å². The van der Waals surface area contributed by atoms with Crippen molar-refractivity contribution in [3.63, 3.8) is 0 Å². The number of hydrogen-bond donors (Lipinski definition) is 2. The molecule has 0 radical (unpaired) electrons. The SMILES string of the molecule is O=C(Nc1ccc2c(c1)OCO2)[C@@H]1CC(=O)N(c2n[nH]c3ccccc23)C1. The molecule has 1 aromatic heterocycles. The molecule has 0 saturated carbocycles. The third-order valence-corrected chi connectivity index (χ3v) is 4.84.